The summed E-state index contributed by atoms with van der Waals surface area (Å²) in [7, 11) is 0. The van der Waals surface area contributed by atoms with Gasteiger partial charge in [-0.15, -0.1) is 0 Å². The van der Waals surface area contributed by atoms with Crippen molar-refractivity contribution in [2.24, 2.45) is 5.10 Å². The lowest BCUT2D eigenvalue weighted by molar-refractivity contribution is 0.363. The van der Waals surface area contributed by atoms with Crippen LogP contribution in [0, 0.1) is 6.92 Å². The van der Waals surface area contributed by atoms with E-state index < -0.39 is 0 Å². The Morgan fingerprint density at radius 1 is 1.38 bits per heavy atom. The fourth-order valence-electron chi connectivity index (χ4n) is 1.81. The number of aryl methyl sites for hydroxylation is 1. The van der Waals surface area contributed by atoms with Gasteiger partial charge in [0.15, 0.2) is 0 Å². The molecule has 0 atom stereocenters. The van der Waals surface area contributed by atoms with E-state index in [2.05, 4.69) is 11.7 Å². The third kappa shape index (κ3) is 3.82. The van der Waals surface area contributed by atoms with E-state index in [0.29, 0.717) is 18.2 Å². The van der Waals surface area contributed by atoms with E-state index in [-0.39, 0.29) is 5.56 Å². The number of ether oxygens (including phenoxy) is 1. The van der Waals surface area contributed by atoms with Gasteiger partial charge in [-0.1, -0.05) is 24.8 Å². The van der Waals surface area contributed by atoms with Crippen molar-refractivity contribution in [1.82, 2.24) is 4.68 Å². The Hall–Kier alpha value is -2.82. The van der Waals surface area contributed by atoms with Crippen molar-refractivity contribution < 1.29 is 4.74 Å². The first-order valence-electron chi connectivity index (χ1n) is 6.47. The molecular formula is C16H17N3O2. The van der Waals surface area contributed by atoms with Gasteiger partial charge in [0.1, 0.15) is 18.2 Å². The number of anilines is 1. The molecule has 1 heterocycles. The van der Waals surface area contributed by atoms with Gasteiger partial charge in [0.25, 0.3) is 5.56 Å². The summed E-state index contributed by atoms with van der Waals surface area (Å²) in [4.78, 5) is 11.8. The van der Waals surface area contributed by atoms with Crippen LogP contribution in [0.15, 0.2) is 58.9 Å². The Kier molecular flexibility index (Phi) is 4.56. The molecule has 0 fully saturated rings. The fraction of sp³-hybridized carbons (Fsp3) is 0.125. The molecule has 0 amide bonds. The first-order valence-corrected chi connectivity index (χ1v) is 6.47. The molecule has 2 aromatic rings. The maximum atomic E-state index is 11.8. The molecule has 21 heavy (non-hydrogen) atoms. The minimum absolute atomic E-state index is 0.261. The summed E-state index contributed by atoms with van der Waals surface area (Å²) in [5.74, 6) is 1.01. The fourth-order valence-corrected chi connectivity index (χ4v) is 1.81. The van der Waals surface area contributed by atoms with E-state index in [4.69, 9.17) is 10.5 Å². The molecular weight excluding hydrogens is 266 g/mol. The largest absolute Gasteiger partial charge is 0.490 e. The molecule has 0 spiro atoms. The van der Waals surface area contributed by atoms with Gasteiger partial charge >= 0.3 is 0 Å². The highest BCUT2D eigenvalue weighted by Crippen LogP contribution is 2.12. The molecule has 0 unspecified atom stereocenters. The lowest BCUT2D eigenvalue weighted by atomic mass is 10.2. The molecule has 2 N–H and O–H groups in total. The van der Waals surface area contributed by atoms with E-state index in [1.165, 1.54) is 6.07 Å². The Bertz CT molecular complexity index is 733. The third-order valence-corrected chi connectivity index (χ3v) is 2.73. The summed E-state index contributed by atoms with van der Waals surface area (Å²) in [6, 6.07) is 10.6. The quantitative estimate of drug-likeness (QED) is 0.675. The van der Waals surface area contributed by atoms with Crippen molar-refractivity contribution >= 4 is 12.0 Å². The molecule has 0 saturated heterocycles. The van der Waals surface area contributed by atoms with Crippen molar-refractivity contribution in [3.05, 3.63) is 70.5 Å². The van der Waals surface area contributed by atoms with Crippen molar-refractivity contribution in [2.45, 2.75) is 6.92 Å². The van der Waals surface area contributed by atoms with Crippen LogP contribution in [0.3, 0.4) is 0 Å². The number of aromatic nitrogens is 1. The van der Waals surface area contributed by atoms with Crippen molar-refractivity contribution in [3.63, 3.8) is 0 Å². The maximum absolute atomic E-state index is 11.8. The SMILES string of the molecule is C=CCOc1cccc(/C=N\n2c(N)cc(C)cc2=O)c1. The first-order chi connectivity index (χ1) is 10.1. The lowest BCUT2D eigenvalue weighted by Crippen LogP contribution is -2.19. The molecule has 0 radical (unpaired) electrons. The van der Waals surface area contributed by atoms with Gasteiger partial charge in [-0.3, -0.25) is 4.79 Å². The van der Waals surface area contributed by atoms with Gasteiger partial charge in [-0.25, -0.2) is 0 Å². The topological polar surface area (TPSA) is 69.6 Å². The molecule has 5 heteroatoms. The second-order valence-electron chi connectivity index (χ2n) is 4.52. The van der Waals surface area contributed by atoms with Crippen LogP contribution in [0.4, 0.5) is 5.82 Å². The summed E-state index contributed by atoms with van der Waals surface area (Å²) in [5.41, 5.74) is 7.15. The summed E-state index contributed by atoms with van der Waals surface area (Å²) >= 11 is 0. The molecule has 1 aromatic carbocycles. The van der Waals surface area contributed by atoms with E-state index in [1.807, 2.05) is 31.2 Å². The molecule has 2 rings (SSSR count). The molecule has 0 bridgehead atoms. The van der Waals surface area contributed by atoms with Gasteiger partial charge in [0.2, 0.25) is 0 Å². The van der Waals surface area contributed by atoms with Crippen molar-refractivity contribution in [2.75, 3.05) is 12.3 Å². The second kappa shape index (κ2) is 6.56. The molecule has 108 valence electrons. The summed E-state index contributed by atoms with van der Waals surface area (Å²) < 4.78 is 6.60. The van der Waals surface area contributed by atoms with E-state index >= 15 is 0 Å². The Balaban J connectivity index is 2.25. The summed E-state index contributed by atoms with van der Waals surface area (Å²) in [6.07, 6.45) is 3.24. The monoisotopic (exact) mass is 283 g/mol. The first kappa shape index (κ1) is 14.6. The molecule has 5 nitrogen and oxygen atoms in total. The van der Waals surface area contributed by atoms with Crippen molar-refractivity contribution in [3.8, 4) is 5.75 Å². The van der Waals surface area contributed by atoms with Crippen LogP contribution in [0.1, 0.15) is 11.1 Å². The van der Waals surface area contributed by atoms with Crippen LogP contribution in [0.5, 0.6) is 5.75 Å². The second-order valence-corrected chi connectivity index (χ2v) is 4.52. The number of pyridine rings is 1. The highest BCUT2D eigenvalue weighted by molar-refractivity contribution is 5.80. The zero-order valence-corrected chi connectivity index (χ0v) is 11.8. The molecule has 0 aliphatic carbocycles. The average molecular weight is 283 g/mol. The Labute approximate surface area is 123 Å². The minimum Gasteiger partial charge on any atom is -0.490 e. The number of hydrogen-bond donors (Lipinski definition) is 1. The average Bonchev–Trinajstić information content (AvgIpc) is 2.44. The zero-order valence-electron chi connectivity index (χ0n) is 11.8. The Morgan fingerprint density at radius 2 is 2.19 bits per heavy atom. The predicted molar refractivity (Wildman–Crippen MR) is 85.0 cm³/mol. The number of nitrogen functional groups attached to an aromatic ring is 1. The van der Waals surface area contributed by atoms with Crippen LogP contribution in [-0.4, -0.2) is 17.5 Å². The number of rotatable bonds is 5. The molecule has 1 aromatic heterocycles. The van der Waals surface area contributed by atoms with Crippen LogP contribution in [-0.2, 0) is 0 Å². The van der Waals surface area contributed by atoms with Crippen molar-refractivity contribution in [1.29, 1.82) is 0 Å². The molecule has 0 aliphatic rings. The van der Waals surface area contributed by atoms with Crippen LogP contribution < -0.4 is 16.0 Å². The number of nitrogens with zero attached hydrogens (tertiary/aromatic N) is 2. The Morgan fingerprint density at radius 3 is 2.90 bits per heavy atom. The van der Waals surface area contributed by atoms with E-state index in [1.54, 1.807) is 18.4 Å². The van der Waals surface area contributed by atoms with Gasteiger partial charge in [-0.2, -0.15) is 9.78 Å². The van der Waals surface area contributed by atoms with Crippen LogP contribution in [0.2, 0.25) is 0 Å². The highest BCUT2D eigenvalue weighted by atomic mass is 16.5. The summed E-state index contributed by atoms with van der Waals surface area (Å²) in [6.45, 7) is 5.84. The van der Waals surface area contributed by atoms with Gasteiger partial charge < -0.3 is 10.5 Å². The number of benzene rings is 1. The highest BCUT2D eigenvalue weighted by Gasteiger charge is 2.00. The maximum Gasteiger partial charge on any atom is 0.273 e. The van der Waals surface area contributed by atoms with Gasteiger partial charge in [0, 0.05) is 6.07 Å². The minimum atomic E-state index is -0.261. The lowest BCUT2D eigenvalue weighted by Gasteiger charge is -2.05. The number of hydrogen-bond acceptors (Lipinski definition) is 4. The van der Waals surface area contributed by atoms with Gasteiger partial charge in [0.05, 0.1) is 6.21 Å². The normalized spacial score (nSPS) is 10.7. The predicted octanol–water partition coefficient (Wildman–Crippen LogP) is 2.19. The third-order valence-electron chi connectivity index (χ3n) is 2.73. The van der Waals surface area contributed by atoms with Gasteiger partial charge in [-0.05, 0) is 36.2 Å². The van der Waals surface area contributed by atoms with Crippen LogP contribution in [0.25, 0.3) is 0 Å². The molecule has 0 saturated carbocycles. The number of nitrogens with two attached hydrogens (primary N) is 1. The summed E-state index contributed by atoms with van der Waals surface area (Å²) in [5, 5.41) is 4.12. The van der Waals surface area contributed by atoms with Crippen LogP contribution >= 0.6 is 0 Å². The van der Waals surface area contributed by atoms with E-state index in [0.717, 1.165) is 15.8 Å². The molecule has 0 aliphatic heterocycles. The standard InChI is InChI=1S/C16H17N3O2/c1-3-7-21-14-6-4-5-13(10-14)11-18-19-15(17)8-12(2)9-16(19)20/h3-6,8-11H,1,7,17H2,2H3/b18-11-. The smallest absolute Gasteiger partial charge is 0.273 e. The zero-order chi connectivity index (χ0) is 15.2. The van der Waals surface area contributed by atoms with E-state index in [9.17, 15) is 4.79 Å².